The maximum atomic E-state index is 13.0. The lowest BCUT2D eigenvalue weighted by molar-refractivity contribution is -0.118. The number of nitrogens with zero attached hydrogens (tertiary/aromatic N) is 1. The number of fused-ring (bicyclic) bond motifs is 3. The summed E-state index contributed by atoms with van der Waals surface area (Å²) < 4.78 is 5.80. The van der Waals surface area contributed by atoms with Crippen molar-refractivity contribution in [1.82, 2.24) is 4.90 Å². The quantitative estimate of drug-likeness (QED) is 0.896. The van der Waals surface area contributed by atoms with Gasteiger partial charge in [0.1, 0.15) is 12.4 Å². The summed E-state index contributed by atoms with van der Waals surface area (Å²) in [7, 11) is 0. The number of nitrogens with two attached hydrogens (primary N) is 1. The van der Waals surface area contributed by atoms with Crippen LogP contribution in [0.25, 0.3) is 10.4 Å². The third-order valence-electron chi connectivity index (χ3n) is 5.14. The highest BCUT2D eigenvalue weighted by Gasteiger charge is 2.28. The smallest absolute Gasteiger partial charge is 0.263 e. The minimum atomic E-state index is -0.266. The van der Waals surface area contributed by atoms with Gasteiger partial charge in [0.05, 0.1) is 4.88 Å². The van der Waals surface area contributed by atoms with Crippen molar-refractivity contribution >= 4 is 23.2 Å². The summed E-state index contributed by atoms with van der Waals surface area (Å²) >= 11 is 1.55. The summed E-state index contributed by atoms with van der Waals surface area (Å²) in [6, 6.07) is 9.94. The van der Waals surface area contributed by atoms with Crippen molar-refractivity contribution in [2.24, 2.45) is 11.7 Å². The van der Waals surface area contributed by atoms with E-state index >= 15 is 0 Å². The van der Waals surface area contributed by atoms with E-state index in [2.05, 4.69) is 0 Å². The van der Waals surface area contributed by atoms with Gasteiger partial charge in [-0.25, -0.2) is 0 Å². The average molecular weight is 370 g/mol. The molecular weight excluding hydrogens is 348 g/mol. The van der Waals surface area contributed by atoms with Crippen molar-refractivity contribution in [2.75, 3.05) is 13.1 Å². The topological polar surface area (TPSA) is 72.6 Å². The molecule has 0 bridgehead atoms. The van der Waals surface area contributed by atoms with Crippen LogP contribution in [0.2, 0.25) is 0 Å². The third kappa shape index (κ3) is 3.33. The fourth-order valence-corrected chi connectivity index (χ4v) is 4.96. The fraction of sp³-hybridized carbons (Fsp3) is 0.400. The van der Waals surface area contributed by atoms with Crippen LogP contribution in [-0.4, -0.2) is 29.8 Å². The summed E-state index contributed by atoms with van der Waals surface area (Å²) in [5.74, 6) is 1.06. The lowest BCUT2D eigenvalue weighted by atomic mass is 9.93. The van der Waals surface area contributed by atoms with E-state index in [1.54, 1.807) is 11.3 Å². The Kier molecular flexibility index (Phi) is 4.68. The molecule has 1 fully saturated rings. The normalized spacial score (nSPS) is 18.6. The highest BCUT2D eigenvalue weighted by molar-refractivity contribution is 7.17. The first-order valence-electron chi connectivity index (χ1n) is 9.04. The number of amides is 2. The predicted molar refractivity (Wildman–Crippen MR) is 101 cm³/mol. The molecule has 2 aliphatic heterocycles. The van der Waals surface area contributed by atoms with Gasteiger partial charge >= 0.3 is 0 Å². The minimum Gasteiger partial charge on any atom is -0.488 e. The number of para-hydroxylation sites is 1. The van der Waals surface area contributed by atoms with Crippen LogP contribution in [0.3, 0.4) is 0 Å². The van der Waals surface area contributed by atoms with Gasteiger partial charge in [-0.15, -0.1) is 11.3 Å². The Morgan fingerprint density at radius 1 is 1.31 bits per heavy atom. The van der Waals surface area contributed by atoms with E-state index < -0.39 is 0 Å². The Bertz CT molecular complexity index is 845. The Hall–Kier alpha value is -2.34. The maximum Gasteiger partial charge on any atom is 0.263 e. The molecular formula is C20H22N2O3S. The molecule has 2 aromatic rings. The Morgan fingerprint density at radius 3 is 3.00 bits per heavy atom. The van der Waals surface area contributed by atoms with Crippen LogP contribution in [0.5, 0.6) is 5.75 Å². The van der Waals surface area contributed by atoms with Gasteiger partial charge in [0.25, 0.3) is 5.91 Å². The molecule has 1 aromatic heterocycles. The molecule has 26 heavy (non-hydrogen) atoms. The molecule has 2 amide bonds. The second kappa shape index (κ2) is 7.11. The van der Waals surface area contributed by atoms with Crippen LogP contribution >= 0.6 is 11.3 Å². The summed E-state index contributed by atoms with van der Waals surface area (Å²) in [6.07, 6.45) is 3.20. The van der Waals surface area contributed by atoms with Gasteiger partial charge in [0.15, 0.2) is 0 Å². The Morgan fingerprint density at radius 2 is 2.15 bits per heavy atom. The number of likely N-dealkylation sites (tertiary alicyclic amines) is 1. The number of carbonyl (C=O) groups excluding carboxylic acids is 2. The van der Waals surface area contributed by atoms with Crippen molar-refractivity contribution in [3.05, 3.63) is 40.8 Å². The number of hydrogen-bond acceptors (Lipinski definition) is 4. The molecule has 1 aromatic carbocycles. The predicted octanol–water partition coefficient (Wildman–Crippen LogP) is 3.43. The van der Waals surface area contributed by atoms with E-state index in [1.807, 2.05) is 35.2 Å². The second-order valence-electron chi connectivity index (χ2n) is 7.01. The van der Waals surface area contributed by atoms with Crippen LogP contribution in [0.15, 0.2) is 30.3 Å². The van der Waals surface area contributed by atoms with Crippen LogP contribution in [0.4, 0.5) is 0 Å². The monoisotopic (exact) mass is 370 g/mol. The Labute approximate surface area is 156 Å². The van der Waals surface area contributed by atoms with Gasteiger partial charge in [-0.2, -0.15) is 0 Å². The number of hydrogen-bond donors (Lipinski definition) is 1. The largest absolute Gasteiger partial charge is 0.488 e. The molecule has 4 rings (SSSR count). The van der Waals surface area contributed by atoms with Gasteiger partial charge in [0.2, 0.25) is 5.91 Å². The lowest BCUT2D eigenvalue weighted by Gasteiger charge is -2.32. The third-order valence-corrected chi connectivity index (χ3v) is 6.34. The van der Waals surface area contributed by atoms with Crippen LogP contribution in [0.1, 0.15) is 40.9 Å². The summed E-state index contributed by atoms with van der Waals surface area (Å²) in [5, 5.41) is 0. The van der Waals surface area contributed by atoms with E-state index in [4.69, 9.17) is 10.5 Å². The number of rotatable bonds is 4. The minimum absolute atomic E-state index is 0.0886. The molecule has 0 spiro atoms. The molecule has 5 nitrogen and oxygen atoms in total. The van der Waals surface area contributed by atoms with E-state index in [0.717, 1.165) is 52.4 Å². The van der Waals surface area contributed by atoms with E-state index in [0.29, 0.717) is 25.5 Å². The molecule has 6 heteroatoms. The number of benzene rings is 1. The number of primary amides is 1. The van der Waals surface area contributed by atoms with Gasteiger partial charge < -0.3 is 15.4 Å². The van der Waals surface area contributed by atoms with Crippen molar-refractivity contribution in [1.29, 1.82) is 0 Å². The SMILES string of the molecule is NC(=O)CCC1CCCN(C(=O)c2cc3c(s2)-c2ccccc2OC3)C1. The van der Waals surface area contributed by atoms with E-state index in [9.17, 15) is 9.59 Å². The van der Waals surface area contributed by atoms with Crippen LogP contribution < -0.4 is 10.5 Å². The lowest BCUT2D eigenvalue weighted by Crippen LogP contribution is -2.39. The van der Waals surface area contributed by atoms with Gasteiger partial charge in [-0.05, 0) is 43.4 Å². The van der Waals surface area contributed by atoms with Gasteiger partial charge in [-0.3, -0.25) is 9.59 Å². The summed E-state index contributed by atoms with van der Waals surface area (Å²) in [6.45, 7) is 2.00. The highest BCUT2D eigenvalue weighted by Crippen LogP contribution is 2.42. The van der Waals surface area contributed by atoms with Crippen LogP contribution in [0, 0.1) is 5.92 Å². The molecule has 2 aliphatic rings. The highest BCUT2D eigenvalue weighted by atomic mass is 32.1. The first-order valence-corrected chi connectivity index (χ1v) is 9.86. The zero-order chi connectivity index (χ0) is 18.1. The van der Waals surface area contributed by atoms with Gasteiger partial charge in [-0.1, -0.05) is 12.1 Å². The number of carbonyl (C=O) groups is 2. The Balaban J connectivity index is 1.51. The zero-order valence-corrected chi connectivity index (χ0v) is 15.4. The molecule has 1 unspecified atom stereocenters. The average Bonchev–Trinajstić information content (AvgIpc) is 3.11. The fourth-order valence-electron chi connectivity index (χ4n) is 3.79. The first-order chi connectivity index (χ1) is 12.6. The van der Waals surface area contributed by atoms with Crippen molar-refractivity contribution in [3.8, 4) is 16.2 Å². The number of piperidine rings is 1. The van der Waals surface area contributed by atoms with E-state index in [-0.39, 0.29) is 11.8 Å². The zero-order valence-electron chi connectivity index (χ0n) is 14.6. The molecule has 0 saturated carbocycles. The molecule has 136 valence electrons. The van der Waals surface area contributed by atoms with Crippen LogP contribution in [-0.2, 0) is 11.4 Å². The number of ether oxygens (including phenoxy) is 1. The van der Waals surface area contributed by atoms with Crippen molar-refractivity contribution < 1.29 is 14.3 Å². The van der Waals surface area contributed by atoms with Gasteiger partial charge in [0, 0.05) is 35.5 Å². The molecule has 0 aliphatic carbocycles. The summed E-state index contributed by atoms with van der Waals surface area (Å²) in [4.78, 5) is 27.9. The van der Waals surface area contributed by atoms with E-state index in [1.165, 1.54) is 0 Å². The molecule has 1 atom stereocenters. The molecule has 3 heterocycles. The number of thiophene rings is 1. The standard InChI is InChI=1S/C20H22N2O3S/c21-18(23)8-7-13-4-3-9-22(11-13)20(24)17-10-14-12-25-16-6-2-1-5-15(16)19(14)26-17/h1-2,5-6,10,13H,3-4,7-9,11-12H2,(H2,21,23). The van der Waals surface area contributed by atoms with Crippen molar-refractivity contribution in [3.63, 3.8) is 0 Å². The second-order valence-corrected chi connectivity index (χ2v) is 8.07. The molecule has 2 N–H and O–H groups in total. The van der Waals surface area contributed by atoms with Crippen molar-refractivity contribution in [2.45, 2.75) is 32.3 Å². The summed E-state index contributed by atoms with van der Waals surface area (Å²) in [5.41, 5.74) is 7.41. The molecule has 0 radical (unpaired) electrons. The maximum absolute atomic E-state index is 13.0. The first kappa shape index (κ1) is 17.1. The molecule has 1 saturated heterocycles.